The fourth-order valence-electron chi connectivity index (χ4n) is 2.18. The lowest BCUT2D eigenvalue weighted by Crippen LogP contribution is -1.99. The summed E-state index contributed by atoms with van der Waals surface area (Å²) in [4.78, 5) is 0. The lowest BCUT2D eigenvalue weighted by atomic mass is 10.0. The Morgan fingerprint density at radius 3 is 2.43 bits per heavy atom. The SMILES string of the molecule is CCOc1cc(/C=C(/C#N)c2ccccc2)cc(Br)c1OCC. The van der Waals surface area contributed by atoms with Crippen LogP contribution in [-0.2, 0) is 0 Å². The van der Waals surface area contributed by atoms with E-state index in [1.807, 2.05) is 62.4 Å². The van der Waals surface area contributed by atoms with Gasteiger partial charge in [-0.2, -0.15) is 5.26 Å². The van der Waals surface area contributed by atoms with Gasteiger partial charge in [-0.1, -0.05) is 30.3 Å². The monoisotopic (exact) mass is 371 g/mol. The van der Waals surface area contributed by atoms with Crippen molar-refractivity contribution in [3.05, 3.63) is 58.1 Å². The van der Waals surface area contributed by atoms with Gasteiger partial charge >= 0.3 is 0 Å². The minimum Gasteiger partial charge on any atom is -0.490 e. The number of benzene rings is 2. The topological polar surface area (TPSA) is 42.2 Å². The molecule has 2 aromatic rings. The smallest absolute Gasteiger partial charge is 0.175 e. The standard InChI is InChI=1S/C19H18BrNO2/c1-3-22-18-12-14(11-17(20)19(18)23-4-2)10-16(13-21)15-8-6-5-7-9-15/h5-12H,3-4H2,1-2H3/b16-10-. The van der Waals surface area contributed by atoms with Gasteiger partial charge in [0.15, 0.2) is 11.5 Å². The first-order valence-electron chi connectivity index (χ1n) is 7.46. The summed E-state index contributed by atoms with van der Waals surface area (Å²) in [6.07, 6.45) is 1.85. The molecule has 0 N–H and O–H groups in total. The van der Waals surface area contributed by atoms with Gasteiger partial charge in [0.2, 0.25) is 0 Å². The molecule has 0 aliphatic carbocycles. The van der Waals surface area contributed by atoms with Crippen molar-refractivity contribution in [2.45, 2.75) is 13.8 Å². The Labute approximate surface area is 145 Å². The molecule has 2 aromatic carbocycles. The zero-order valence-corrected chi connectivity index (χ0v) is 14.8. The van der Waals surface area contributed by atoms with Crippen LogP contribution >= 0.6 is 15.9 Å². The molecule has 118 valence electrons. The molecule has 0 fully saturated rings. The first-order chi connectivity index (χ1) is 11.2. The van der Waals surface area contributed by atoms with E-state index in [0.29, 0.717) is 30.3 Å². The van der Waals surface area contributed by atoms with E-state index in [0.717, 1.165) is 15.6 Å². The summed E-state index contributed by atoms with van der Waals surface area (Å²) in [6.45, 7) is 4.96. The van der Waals surface area contributed by atoms with Crippen LogP contribution in [0.2, 0.25) is 0 Å². The Morgan fingerprint density at radius 2 is 1.83 bits per heavy atom. The van der Waals surface area contributed by atoms with Crippen LogP contribution in [-0.4, -0.2) is 13.2 Å². The molecule has 0 radical (unpaired) electrons. The Balaban J connectivity index is 2.47. The van der Waals surface area contributed by atoms with Crippen LogP contribution in [0.1, 0.15) is 25.0 Å². The van der Waals surface area contributed by atoms with Gasteiger partial charge in [0, 0.05) is 0 Å². The first kappa shape index (κ1) is 17.1. The molecule has 0 aliphatic heterocycles. The molecule has 0 aliphatic rings. The second-order valence-electron chi connectivity index (χ2n) is 4.73. The Hall–Kier alpha value is -2.25. The van der Waals surface area contributed by atoms with E-state index in [9.17, 15) is 5.26 Å². The largest absolute Gasteiger partial charge is 0.490 e. The Morgan fingerprint density at radius 1 is 1.13 bits per heavy atom. The predicted molar refractivity (Wildman–Crippen MR) is 96.4 cm³/mol. The summed E-state index contributed by atoms with van der Waals surface area (Å²) >= 11 is 3.52. The second kappa shape index (κ2) is 8.40. The van der Waals surface area contributed by atoms with Crippen molar-refractivity contribution in [3.63, 3.8) is 0 Å². The van der Waals surface area contributed by atoms with Gasteiger partial charge in [0.05, 0.1) is 29.3 Å². The van der Waals surface area contributed by atoms with Crippen LogP contribution in [0.4, 0.5) is 0 Å². The lowest BCUT2D eigenvalue weighted by Gasteiger charge is -2.13. The van der Waals surface area contributed by atoms with E-state index in [1.54, 1.807) is 0 Å². The van der Waals surface area contributed by atoms with Crippen molar-refractivity contribution in [1.29, 1.82) is 5.26 Å². The summed E-state index contributed by atoms with van der Waals surface area (Å²) in [6, 6.07) is 15.7. The van der Waals surface area contributed by atoms with E-state index in [2.05, 4.69) is 22.0 Å². The fraction of sp³-hybridized carbons (Fsp3) is 0.211. The third kappa shape index (κ3) is 4.37. The maximum absolute atomic E-state index is 9.44. The number of halogens is 1. The molecule has 0 unspecified atom stereocenters. The van der Waals surface area contributed by atoms with Crippen molar-refractivity contribution >= 4 is 27.6 Å². The molecule has 0 saturated carbocycles. The van der Waals surface area contributed by atoms with E-state index < -0.39 is 0 Å². The van der Waals surface area contributed by atoms with Crippen LogP contribution in [0.3, 0.4) is 0 Å². The minimum absolute atomic E-state index is 0.545. The van der Waals surface area contributed by atoms with Crippen molar-refractivity contribution in [3.8, 4) is 17.6 Å². The molecular weight excluding hydrogens is 354 g/mol. The van der Waals surface area contributed by atoms with E-state index in [1.165, 1.54) is 0 Å². The van der Waals surface area contributed by atoms with Gasteiger partial charge in [0.1, 0.15) is 0 Å². The normalized spacial score (nSPS) is 11.0. The average molecular weight is 372 g/mol. The highest BCUT2D eigenvalue weighted by molar-refractivity contribution is 9.10. The maximum atomic E-state index is 9.44. The van der Waals surface area contributed by atoms with Gasteiger partial charge < -0.3 is 9.47 Å². The molecule has 0 saturated heterocycles. The van der Waals surface area contributed by atoms with Crippen molar-refractivity contribution < 1.29 is 9.47 Å². The molecule has 0 atom stereocenters. The third-order valence-corrected chi connectivity index (χ3v) is 3.73. The second-order valence-corrected chi connectivity index (χ2v) is 5.59. The summed E-state index contributed by atoms with van der Waals surface area (Å²) in [5, 5.41) is 9.44. The highest BCUT2D eigenvalue weighted by Gasteiger charge is 2.12. The van der Waals surface area contributed by atoms with Gasteiger partial charge in [0.25, 0.3) is 0 Å². The van der Waals surface area contributed by atoms with Crippen molar-refractivity contribution in [1.82, 2.24) is 0 Å². The Kier molecular flexibility index (Phi) is 6.25. The summed E-state index contributed by atoms with van der Waals surface area (Å²) in [7, 11) is 0. The molecular formula is C19H18BrNO2. The number of allylic oxidation sites excluding steroid dienone is 1. The molecule has 4 heteroatoms. The lowest BCUT2D eigenvalue weighted by molar-refractivity contribution is 0.286. The Bertz CT molecular complexity index is 733. The van der Waals surface area contributed by atoms with E-state index in [4.69, 9.17) is 9.47 Å². The molecule has 0 spiro atoms. The number of ether oxygens (including phenoxy) is 2. The van der Waals surface area contributed by atoms with Crippen molar-refractivity contribution in [2.75, 3.05) is 13.2 Å². The zero-order chi connectivity index (χ0) is 16.7. The van der Waals surface area contributed by atoms with Crippen molar-refractivity contribution in [2.24, 2.45) is 0 Å². The molecule has 0 amide bonds. The highest BCUT2D eigenvalue weighted by atomic mass is 79.9. The van der Waals surface area contributed by atoms with Gasteiger partial charge in [-0.3, -0.25) is 0 Å². The van der Waals surface area contributed by atoms with Crippen LogP contribution in [0.5, 0.6) is 11.5 Å². The van der Waals surface area contributed by atoms with Gasteiger partial charge in [-0.05, 0) is 59.1 Å². The number of rotatable bonds is 6. The third-order valence-electron chi connectivity index (χ3n) is 3.14. The molecule has 0 bridgehead atoms. The van der Waals surface area contributed by atoms with Crippen LogP contribution in [0, 0.1) is 11.3 Å². The van der Waals surface area contributed by atoms with Crippen LogP contribution in [0.15, 0.2) is 46.9 Å². The number of hydrogen-bond acceptors (Lipinski definition) is 3. The highest BCUT2D eigenvalue weighted by Crippen LogP contribution is 2.37. The summed E-state index contributed by atoms with van der Waals surface area (Å²) < 4.78 is 12.1. The van der Waals surface area contributed by atoms with E-state index >= 15 is 0 Å². The maximum Gasteiger partial charge on any atom is 0.175 e. The molecule has 0 heterocycles. The number of hydrogen-bond donors (Lipinski definition) is 0. The van der Waals surface area contributed by atoms with Crippen LogP contribution < -0.4 is 9.47 Å². The minimum atomic E-state index is 0.545. The number of nitrogens with zero attached hydrogens (tertiary/aromatic N) is 1. The fourth-order valence-corrected chi connectivity index (χ4v) is 2.76. The molecule has 2 rings (SSSR count). The molecule has 3 nitrogen and oxygen atoms in total. The van der Waals surface area contributed by atoms with Gasteiger partial charge in [-0.15, -0.1) is 0 Å². The van der Waals surface area contributed by atoms with Gasteiger partial charge in [-0.25, -0.2) is 0 Å². The first-order valence-corrected chi connectivity index (χ1v) is 8.25. The van der Waals surface area contributed by atoms with Crippen LogP contribution in [0.25, 0.3) is 11.6 Å². The zero-order valence-electron chi connectivity index (χ0n) is 13.2. The molecule has 23 heavy (non-hydrogen) atoms. The quantitative estimate of drug-likeness (QED) is 0.510. The predicted octanol–water partition coefficient (Wildman–Crippen LogP) is 5.31. The van der Waals surface area contributed by atoms with E-state index in [-0.39, 0.29) is 0 Å². The summed E-state index contributed by atoms with van der Waals surface area (Å²) in [5.74, 6) is 1.35. The number of nitriles is 1. The summed E-state index contributed by atoms with van der Waals surface area (Å²) in [5.41, 5.74) is 2.37. The molecule has 0 aromatic heterocycles. The average Bonchev–Trinajstić information content (AvgIpc) is 2.57.